The number of carbonyl (C=O) groups excluding carboxylic acids is 1. The number of nitrogens with one attached hydrogen (secondary N) is 1. The molecule has 1 aliphatic rings. The molecule has 1 atom stereocenters. The number of aryl methyl sites for hydroxylation is 2. The Balaban J connectivity index is 1.30. The van der Waals surface area contributed by atoms with Gasteiger partial charge in [0.25, 0.3) is 0 Å². The van der Waals surface area contributed by atoms with Crippen LogP contribution in [0.4, 0.5) is 0 Å². The molecule has 1 fully saturated rings. The van der Waals surface area contributed by atoms with Crippen LogP contribution in [-0.4, -0.2) is 15.5 Å². The number of nitrogens with zero attached hydrogens (tertiary/aromatic N) is 2. The van der Waals surface area contributed by atoms with Crippen LogP contribution in [0.5, 0.6) is 0 Å². The second-order valence-electron chi connectivity index (χ2n) is 11.6. The van der Waals surface area contributed by atoms with Crippen LogP contribution in [0.1, 0.15) is 72.4 Å². The smallest absolute Gasteiger partial charge is 0.228 e. The van der Waals surface area contributed by atoms with E-state index in [4.69, 9.17) is 4.98 Å². The molecule has 6 rings (SSSR count). The first-order chi connectivity index (χ1) is 19.6. The topological polar surface area (TPSA) is 46.9 Å². The zero-order valence-corrected chi connectivity index (χ0v) is 23.7. The minimum absolute atomic E-state index is 0.115. The van der Waals surface area contributed by atoms with Crippen LogP contribution < -0.4 is 5.32 Å². The van der Waals surface area contributed by atoms with E-state index in [1.807, 2.05) is 18.2 Å². The Morgan fingerprint density at radius 3 is 2.33 bits per heavy atom. The second kappa shape index (κ2) is 11.7. The van der Waals surface area contributed by atoms with Crippen molar-refractivity contribution in [3.05, 3.63) is 113 Å². The predicted molar refractivity (Wildman–Crippen MR) is 164 cm³/mol. The Morgan fingerprint density at radius 1 is 0.875 bits per heavy atom. The molecule has 204 valence electrons. The molecule has 1 aliphatic carbocycles. The first kappa shape index (κ1) is 26.3. The lowest BCUT2D eigenvalue weighted by molar-refractivity contribution is -0.124. The van der Waals surface area contributed by atoms with Gasteiger partial charge in [-0.25, -0.2) is 4.98 Å². The van der Waals surface area contributed by atoms with E-state index in [2.05, 4.69) is 90.5 Å². The number of rotatable bonds is 7. The largest absolute Gasteiger partial charge is 0.351 e. The number of aromatic nitrogens is 2. The third-order valence-corrected chi connectivity index (χ3v) is 8.69. The molecule has 2 heterocycles. The summed E-state index contributed by atoms with van der Waals surface area (Å²) in [6, 6.07) is 29.8. The summed E-state index contributed by atoms with van der Waals surface area (Å²) >= 11 is 0. The molecule has 4 nitrogen and oxygen atoms in total. The molecule has 40 heavy (non-hydrogen) atoms. The van der Waals surface area contributed by atoms with Crippen molar-refractivity contribution >= 4 is 27.8 Å². The number of amides is 1. The number of fused-ring (bicyclic) bond motifs is 3. The van der Waals surface area contributed by atoms with Gasteiger partial charge in [-0.3, -0.25) is 4.79 Å². The van der Waals surface area contributed by atoms with E-state index in [-0.39, 0.29) is 11.8 Å². The van der Waals surface area contributed by atoms with Crippen molar-refractivity contribution in [2.45, 2.75) is 71.4 Å². The fourth-order valence-electron chi connectivity index (χ4n) is 6.73. The van der Waals surface area contributed by atoms with Crippen molar-refractivity contribution in [2.75, 3.05) is 0 Å². The fourth-order valence-corrected chi connectivity index (χ4v) is 6.73. The van der Waals surface area contributed by atoms with Crippen molar-refractivity contribution in [2.24, 2.45) is 5.92 Å². The summed E-state index contributed by atoms with van der Waals surface area (Å²) in [7, 11) is 0. The lowest BCUT2D eigenvalue weighted by Gasteiger charge is -2.26. The number of pyridine rings is 1. The van der Waals surface area contributed by atoms with Gasteiger partial charge >= 0.3 is 0 Å². The Labute approximate surface area is 237 Å². The highest BCUT2D eigenvalue weighted by molar-refractivity contribution is 6.08. The van der Waals surface area contributed by atoms with Gasteiger partial charge in [0.15, 0.2) is 0 Å². The zero-order valence-electron chi connectivity index (χ0n) is 23.7. The molecular weight excluding hydrogens is 490 g/mol. The van der Waals surface area contributed by atoms with Crippen LogP contribution in [0.25, 0.3) is 21.9 Å². The molecule has 1 unspecified atom stereocenters. The summed E-state index contributed by atoms with van der Waals surface area (Å²) in [5, 5.41) is 5.76. The van der Waals surface area contributed by atoms with Crippen LogP contribution in [0.15, 0.2) is 84.9 Å². The lowest BCUT2D eigenvalue weighted by Crippen LogP contribution is -2.33. The van der Waals surface area contributed by atoms with E-state index < -0.39 is 0 Å². The van der Waals surface area contributed by atoms with Crippen LogP contribution in [0.2, 0.25) is 0 Å². The number of benzene rings is 3. The molecule has 0 spiro atoms. The van der Waals surface area contributed by atoms with Crippen molar-refractivity contribution in [3.63, 3.8) is 0 Å². The van der Waals surface area contributed by atoms with Crippen molar-refractivity contribution in [1.82, 2.24) is 14.9 Å². The zero-order chi connectivity index (χ0) is 27.5. The normalized spacial score (nSPS) is 15.2. The monoisotopic (exact) mass is 529 g/mol. The molecule has 1 amide bonds. The summed E-state index contributed by atoms with van der Waals surface area (Å²) in [4.78, 5) is 18.7. The van der Waals surface area contributed by atoms with Gasteiger partial charge in [-0.2, -0.15) is 0 Å². The highest BCUT2D eigenvalue weighted by Crippen LogP contribution is 2.36. The van der Waals surface area contributed by atoms with Gasteiger partial charge in [0.1, 0.15) is 5.65 Å². The van der Waals surface area contributed by atoms with Gasteiger partial charge in [-0.15, -0.1) is 0 Å². The maximum Gasteiger partial charge on any atom is 0.228 e. The maximum absolute atomic E-state index is 13.7. The number of carbonyl (C=O) groups is 1. The summed E-state index contributed by atoms with van der Waals surface area (Å²) < 4.78 is 2.34. The average molecular weight is 530 g/mol. The minimum Gasteiger partial charge on any atom is -0.351 e. The molecular formula is C36H39N3O. The fraction of sp³-hybridized carbons (Fsp3) is 0.333. The van der Waals surface area contributed by atoms with E-state index in [0.717, 1.165) is 41.9 Å². The lowest BCUT2D eigenvalue weighted by atomic mass is 9.80. The predicted octanol–water partition coefficient (Wildman–Crippen LogP) is 8.23. The molecule has 0 saturated heterocycles. The Kier molecular flexibility index (Phi) is 7.68. The highest BCUT2D eigenvalue weighted by Gasteiger charge is 2.30. The van der Waals surface area contributed by atoms with Crippen LogP contribution in [0, 0.1) is 19.8 Å². The van der Waals surface area contributed by atoms with E-state index >= 15 is 0 Å². The highest BCUT2D eigenvalue weighted by atomic mass is 16.1. The molecule has 0 bridgehead atoms. The summed E-state index contributed by atoms with van der Waals surface area (Å²) in [6.07, 6.45) is 7.22. The summed E-state index contributed by atoms with van der Waals surface area (Å²) in [6.45, 7) is 5.56. The summed E-state index contributed by atoms with van der Waals surface area (Å²) in [5.41, 5.74) is 8.04. The summed E-state index contributed by atoms with van der Waals surface area (Å²) in [5.74, 6) is 0.425. The molecule has 3 aromatic carbocycles. The van der Waals surface area contributed by atoms with Crippen molar-refractivity contribution in [1.29, 1.82) is 0 Å². The first-order valence-corrected chi connectivity index (χ1v) is 14.8. The number of para-hydroxylation sites is 1. The van der Waals surface area contributed by atoms with Gasteiger partial charge in [-0.05, 0) is 67.0 Å². The van der Waals surface area contributed by atoms with Gasteiger partial charge < -0.3 is 9.88 Å². The molecule has 1 N–H and O–H groups in total. The van der Waals surface area contributed by atoms with Gasteiger partial charge in [0.05, 0.1) is 11.4 Å². The SMILES string of the molecule is Cc1cc(C)c2c3ccccc3n(Cc3ccc(C(C(=O)NCc4ccccc4)C4CCCCCC4)cc3)c2n1. The van der Waals surface area contributed by atoms with E-state index in [9.17, 15) is 4.79 Å². The molecule has 0 aliphatic heterocycles. The average Bonchev–Trinajstić information content (AvgIpc) is 3.10. The van der Waals surface area contributed by atoms with E-state index in [0.29, 0.717) is 12.5 Å². The van der Waals surface area contributed by atoms with Crippen LogP contribution >= 0.6 is 0 Å². The molecule has 2 aromatic heterocycles. The maximum atomic E-state index is 13.7. The number of hydrogen-bond acceptors (Lipinski definition) is 2. The van der Waals surface area contributed by atoms with Gasteiger partial charge in [0, 0.05) is 29.6 Å². The second-order valence-corrected chi connectivity index (χ2v) is 11.6. The van der Waals surface area contributed by atoms with E-state index in [1.54, 1.807) is 0 Å². The minimum atomic E-state index is -0.115. The quantitative estimate of drug-likeness (QED) is 0.216. The van der Waals surface area contributed by atoms with Crippen molar-refractivity contribution in [3.8, 4) is 0 Å². The first-order valence-electron chi connectivity index (χ1n) is 14.8. The van der Waals surface area contributed by atoms with Gasteiger partial charge in [-0.1, -0.05) is 98.5 Å². The standard InChI is InChI=1S/C36H39N3O/c1-25-22-26(2)38-35-33(25)31-16-10-11-17-32(31)39(35)24-28-18-20-30(21-19-28)34(29-14-8-3-4-9-15-29)36(40)37-23-27-12-6-5-7-13-27/h5-7,10-13,16-22,29,34H,3-4,8-9,14-15,23-24H2,1-2H3,(H,37,40). The Hall–Kier alpha value is -3.92. The third-order valence-electron chi connectivity index (χ3n) is 8.69. The third kappa shape index (κ3) is 5.40. The van der Waals surface area contributed by atoms with Crippen LogP contribution in [0.3, 0.4) is 0 Å². The van der Waals surface area contributed by atoms with E-state index in [1.165, 1.54) is 53.1 Å². The molecule has 1 saturated carbocycles. The van der Waals surface area contributed by atoms with Gasteiger partial charge in [0.2, 0.25) is 5.91 Å². The Bertz CT molecular complexity index is 1610. The molecule has 5 aromatic rings. The number of hydrogen-bond donors (Lipinski definition) is 1. The molecule has 4 heteroatoms. The Morgan fingerprint density at radius 2 is 1.57 bits per heavy atom. The molecule has 0 radical (unpaired) electrons. The van der Waals surface area contributed by atoms with Crippen molar-refractivity contribution < 1.29 is 4.79 Å². The van der Waals surface area contributed by atoms with Crippen LogP contribution in [-0.2, 0) is 17.9 Å².